The molecule has 0 atom stereocenters. The summed E-state index contributed by atoms with van der Waals surface area (Å²) in [6.45, 7) is 0. The van der Waals surface area contributed by atoms with Gasteiger partial charge in [-0.25, -0.2) is 9.97 Å². The van der Waals surface area contributed by atoms with Crippen molar-refractivity contribution in [1.29, 1.82) is 0 Å². The van der Waals surface area contributed by atoms with Crippen LogP contribution in [0.25, 0.3) is 0 Å². The summed E-state index contributed by atoms with van der Waals surface area (Å²) in [6, 6.07) is 7.50. The van der Waals surface area contributed by atoms with Crippen molar-refractivity contribution in [3.8, 4) is 11.5 Å². The lowest BCUT2D eigenvalue weighted by Gasteiger charge is -2.13. The molecule has 0 radical (unpaired) electrons. The van der Waals surface area contributed by atoms with Crippen molar-refractivity contribution in [2.75, 3.05) is 38.0 Å². The van der Waals surface area contributed by atoms with Gasteiger partial charge in [-0.05, 0) is 24.3 Å². The number of rotatable bonds is 6. The summed E-state index contributed by atoms with van der Waals surface area (Å²) in [7, 11) is 7.88. The first-order valence-electron chi connectivity index (χ1n) is 6.58. The van der Waals surface area contributed by atoms with Gasteiger partial charge in [0, 0.05) is 28.2 Å². The van der Waals surface area contributed by atoms with Crippen molar-refractivity contribution < 1.29 is 9.31 Å². The van der Waals surface area contributed by atoms with E-state index in [2.05, 4.69) is 9.97 Å². The fraction of sp³-hybridized carbons (Fsp3) is 0.286. The van der Waals surface area contributed by atoms with Crippen LogP contribution in [-0.4, -0.2) is 45.8 Å². The van der Waals surface area contributed by atoms with Crippen molar-refractivity contribution in [2.24, 2.45) is 0 Å². The average molecular weight is 359 g/mol. The van der Waals surface area contributed by atoms with E-state index < -0.39 is 0 Å². The van der Waals surface area contributed by atoms with Gasteiger partial charge in [-0.1, -0.05) is 0 Å². The van der Waals surface area contributed by atoms with E-state index in [9.17, 15) is 0 Å². The Balaban J connectivity index is 0.00000242. The average Bonchev–Trinajstić information content (AvgIpc) is 2.48. The molecular weight excluding hydrogens is 338 g/mol. The van der Waals surface area contributed by atoms with Crippen molar-refractivity contribution in [3.05, 3.63) is 36.7 Å². The summed E-state index contributed by atoms with van der Waals surface area (Å²) in [5.74, 6) is 3.09. The number of halogens is 2. The van der Waals surface area contributed by atoms with Gasteiger partial charge in [0.05, 0.1) is 12.4 Å². The van der Waals surface area contributed by atoms with Crippen LogP contribution in [0, 0.1) is 0 Å². The highest BCUT2D eigenvalue weighted by atomic mass is 35.5. The maximum Gasteiger partial charge on any atom is 0.576 e. The fourth-order valence-electron chi connectivity index (χ4n) is 1.61. The maximum atomic E-state index is 5.48. The van der Waals surface area contributed by atoms with Crippen molar-refractivity contribution in [1.82, 2.24) is 9.97 Å². The van der Waals surface area contributed by atoms with Crippen LogP contribution in [0.2, 0.25) is 0 Å². The third-order valence-electron chi connectivity index (χ3n) is 2.81. The summed E-state index contributed by atoms with van der Waals surface area (Å²) in [4.78, 5) is 12.4. The molecule has 2 rings (SSSR count). The number of aromatic nitrogens is 2. The largest absolute Gasteiger partial charge is 0.576 e. The Labute approximate surface area is 149 Å². The predicted molar refractivity (Wildman–Crippen MR) is 100 cm³/mol. The summed E-state index contributed by atoms with van der Waals surface area (Å²) in [6.07, 6.45) is 3.35. The quantitative estimate of drug-likeness (QED) is 0.737. The van der Waals surface area contributed by atoms with Crippen molar-refractivity contribution in [3.63, 3.8) is 0 Å². The molecule has 6 nitrogen and oxygen atoms in total. The molecule has 0 aromatic carbocycles. The summed E-state index contributed by atoms with van der Waals surface area (Å²) in [5.41, 5.74) is 0. The number of hydrogen-bond acceptors (Lipinski definition) is 6. The van der Waals surface area contributed by atoms with E-state index in [0.717, 1.165) is 11.6 Å². The first-order chi connectivity index (χ1) is 10.1. The molecule has 2 aromatic heterocycles. The molecule has 9 heteroatoms. The molecule has 0 aliphatic heterocycles. The van der Waals surface area contributed by atoms with Gasteiger partial charge in [0.25, 0.3) is 0 Å². The molecule has 0 aliphatic rings. The van der Waals surface area contributed by atoms with Gasteiger partial charge in [-0.15, -0.1) is 24.8 Å². The van der Waals surface area contributed by atoms with Gasteiger partial charge in [0.1, 0.15) is 23.1 Å². The normalized spacial score (nSPS) is 9.04. The molecule has 0 N–H and O–H groups in total. The molecule has 0 saturated carbocycles. The number of nitrogens with zero attached hydrogens (tertiary/aromatic N) is 4. The molecular formula is C14H21BCl2N4O2. The van der Waals surface area contributed by atoms with Crippen molar-refractivity contribution in [2.45, 2.75) is 0 Å². The van der Waals surface area contributed by atoms with E-state index in [1.807, 2.05) is 62.3 Å². The first-order valence-corrected chi connectivity index (χ1v) is 6.58. The monoisotopic (exact) mass is 358 g/mol. The minimum Gasteiger partial charge on any atom is -0.527 e. The molecule has 0 spiro atoms. The molecule has 0 saturated heterocycles. The lowest BCUT2D eigenvalue weighted by molar-refractivity contribution is 0.456. The predicted octanol–water partition coefficient (Wildman–Crippen LogP) is 2.18. The second-order valence-corrected chi connectivity index (χ2v) is 4.90. The van der Waals surface area contributed by atoms with E-state index in [4.69, 9.17) is 9.31 Å². The Kier molecular flexibility index (Phi) is 9.21. The molecule has 126 valence electrons. The molecule has 0 amide bonds. The van der Waals surface area contributed by atoms with Gasteiger partial charge in [0.2, 0.25) is 0 Å². The minimum atomic E-state index is 0. The lowest BCUT2D eigenvalue weighted by atomic mass is 10.3. The zero-order chi connectivity index (χ0) is 15.2. The van der Waals surface area contributed by atoms with Crippen LogP contribution >= 0.6 is 24.8 Å². The Morgan fingerprint density at radius 1 is 0.739 bits per heavy atom. The zero-order valence-electron chi connectivity index (χ0n) is 13.6. The lowest BCUT2D eigenvalue weighted by Crippen LogP contribution is -2.13. The Morgan fingerprint density at radius 3 is 1.39 bits per heavy atom. The fourth-order valence-corrected chi connectivity index (χ4v) is 1.61. The highest BCUT2D eigenvalue weighted by Crippen LogP contribution is 2.15. The Morgan fingerprint density at radius 2 is 1.13 bits per heavy atom. The van der Waals surface area contributed by atoms with E-state index >= 15 is 0 Å². The molecule has 2 aromatic rings. The van der Waals surface area contributed by atoms with Crippen LogP contribution in [0.3, 0.4) is 0 Å². The molecule has 0 unspecified atom stereocenters. The number of anilines is 2. The SMILES string of the molecule is CN(C)c1ccc(OBOc2ccc(N(C)C)nc2)cn1.Cl.Cl. The van der Waals surface area contributed by atoms with E-state index in [-0.39, 0.29) is 32.5 Å². The van der Waals surface area contributed by atoms with Gasteiger partial charge in [-0.3, -0.25) is 0 Å². The van der Waals surface area contributed by atoms with Crippen LogP contribution in [0.4, 0.5) is 11.6 Å². The van der Waals surface area contributed by atoms with E-state index in [1.54, 1.807) is 12.4 Å². The first kappa shape index (κ1) is 21.1. The molecule has 23 heavy (non-hydrogen) atoms. The third kappa shape index (κ3) is 6.42. The Bertz CT molecular complexity index is 516. The van der Waals surface area contributed by atoms with Crippen LogP contribution in [-0.2, 0) is 0 Å². The van der Waals surface area contributed by atoms with E-state index in [1.165, 1.54) is 0 Å². The van der Waals surface area contributed by atoms with Crippen LogP contribution in [0.5, 0.6) is 11.5 Å². The third-order valence-corrected chi connectivity index (χ3v) is 2.81. The second-order valence-electron chi connectivity index (χ2n) is 4.90. The number of hydrogen-bond donors (Lipinski definition) is 0. The number of pyridine rings is 2. The smallest absolute Gasteiger partial charge is 0.527 e. The van der Waals surface area contributed by atoms with Gasteiger partial charge in [0.15, 0.2) is 0 Å². The molecule has 0 fully saturated rings. The topological polar surface area (TPSA) is 50.7 Å². The summed E-state index contributed by atoms with van der Waals surface area (Å²) in [5, 5.41) is 0. The summed E-state index contributed by atoms with van der Waals surface area (Å²) >= 11 is 0. The second kappa shape index (κ2) is 10.0. The standard InChI is InChI=1S/C14H19BN4O2.2ClH/c1-18(2)13-7-5-11(9-16-13)20-15-21-12-6-8-14(17-10-12)19(3)4;;/h5-10,15H,1-4H3;2*1H. The van der Waals surface area contributed by atoms with Gasteiger partial charge >= 0.3 is 7.69 Å². The molecule has 0 bridgehead atoms. The molecule has 0 aliphatic carbocycles. The van der Waals surface area contributed by atoms with Crippen LogP contribution < -0.4 is 19.1 Å². The van der Waals surface area contributed by atoms with Crippen LogP contribution in [0.15, 0.2) is 36.7 Å². The maximum absolute atomic E-state index is 5.48. The van der Waals surface area contributed by atoms with Gasteiger partial charge in [-0.2, -0.15) is 0 Å². The summed E-state index contributed by atoms with van der Waals surface area (Å²) < 4.78 is 11.0. The minimum absolute atomic E-state index is 0. The highest BCUT2D eigenvalue weighted by Gasteiger charge is 2.03. The zero-order valence-corrected chi connectivity index (χ0v) is 15.2. The Hall–Kier alpha value is -1.86. The highest BCUT2D eigenvalue weighted by molar-refractivity contribution is 6.20. The molecule has 2 heterocycles. The van der Waals surface area contributed by atoms with Gasteiger partial charge < -0.3 is 19.1 Å². The van der Waals surface area contributed by atoms with E-state index in [0.29, 0.717) is 11.5 Å². The van der Waals surface area contributed by atoms with Crippen molar-refractivity contribution >= 4 is 44.1 Å². The van der Waals surface area contributed by atoms with Crippen LogP contribution in [0.1, 0.15) is 0 Å².